The van der Waals surface area contributed by atoms with Gasteiger partial charge in [0.15, 0.2) is 0 Å². The van der Waals surface area contributed by atoms with Gasteiger partial charge in [-0.3, -0.25) is 9.59 Å². The number of hydrogen-bond acceptors (Lipinski definition) is 2. The Bertz CT molecular complexity index is 311. The van der Waals surface area contributed by atoms with Gasteiger partial charge in [0.2, 0.25) is 11.8 Å². The summed E-state index contributed by atoms with van der Waals surface area (Å²) in [6.07, 6.45) is 7.55. The Kier molecular flexibility index (Phi) is 4.61. The van der Waals surface area contributed by atoms with Gasteiger partial charge in [-0.15, -0.1) is 0 Å². The zero-order valence-corrected chi connectivity index (χ0v) is 11.3. The van der Waals surface area contributed by atoms with Gasteiger partial charge in [-0.1, -0.05) is 26.2 Å². The molecule has 4 nitrogen and oxygen atoms in total. The molecule has 1 N–H and O–H groups in total. The molecular weight excluding hydrogens is 228 g/mol. The molecule has 0 radical (unpaired) electrons. The van der Waals surface area contributed by atoms with Crippen LogP contribution in [0, 0.1) is 5.92 Å². The Hall–Kier alpha value is -1.06. The predicted octanol–water partition coefficient (Wildman–Crippen LogP) is 1.69. The molecule has 0 aromatic carbocycles. The summed E-state index contributed by atoms with van der Waals surface area (Å²) >= 11 is 0. The van der Waals surface area contributed by atoms with Crippen molar-refractivity contribution in [3.05, 3.63) is 0 Å². The standard InChI is InChI=1S/C14H24N2O2/c1-2-12-14(18)15-8-9-16(12)13(17)10-11-6-4-3-5-7-11/h11-12H,2-10H2,1H3,(H,15,18). The maximum Gasteiger partial charge on any atom is 0.242 e. The fourth-order valence-electron chi connectivity index (χ4n) is 3.17. The van der Waals surface area contributed by atoms with Crippen molar-refractivity contribution in [2.75, 3.05) is 13.1 Å². The summed E-state index contributed by atoms with van der Waals surface area (Å²) < 4.78 is 0. The molecule has 1 saturated heterocycles. The van der Waals surface area contributed by atoms with E-state index in [0.29, 0.717) is 31.8 Å². The number of hydrogen-bond donors (Lipinski definition) is 1. The molecule has 1 heterocycles. The Morgan fingerprint density at radius 3 is 2.72 bits per heavy atom. The van der Waals surface area contributed by atoms with Crippen LogP contribution < -0.4 is 5.32 Å². The summed E-state index contributed by atoms with van der Waals surface area (Å²) in [6, 6.07) is -0.241. The fraction of sp³-hybridized carbons (Fsp3) is 0.857. The van der Waals surface area contributed by atoms with Crippen LogP contribution in [0.4, 0.5) is 0 Å². The van der Waals surface area contributed by atoms with Gasteiger partial charge in [0, 0.05) is 19.5 Å². The lowest BCUT2D eigenvalue weighted by atomic mass is 9.86. The van der Waals surface area contributed by atoms with E-state index in [2.05, 4.69) is 5.32 Å². The van der Waals surface area contributed by atoms with E-state index in [4.69, 9.17) is 0 Å². The molecule has 2 fully saturated rings. The minimum absolute atomic E-state index is 0.0146. The van der Waals surface area contributed by atoms with Crippen LogP contribution in [0.5, 0.6) is 0 Å². The second-order valence-electron chi connectivity index (χ2n) is 5.51. The van der Waals surface area contributed by atoms with E-state index in [-0.39, 0.29) is 17.9 Å². The van der Waals surface area contributed by atoms with Crippen LogP contribution in [0.1, 0.15) is 51.9 Å². The average Bonchev–Trinajstić information content (AvgIpc) is 2.39. The Balaban J connectivity index is 1.91. The van der Waals surface area contributed by atoms with Gasteiger partial charge >= 0.3 is 0 Å². The van der Waals surface area contributed by atoms with Crippen molar-refractivity contribution in [2.24, 2.45) is 5.92 Å². The lowest BCUT2D eigenvalue weighted by molar-refractivity contribution is -0.144. The molecule has 1 aliphatic heterocycles. The molecule has 4 heteroatoms. The van der Waals surface area contributed by atoms with Crippen LogP contribution in [0.15, 0.2) is 0 Å². The van der Waals surface area contributed by atoms with Crippen LogP contribution in [0.3, 0.4) is 0 Å². The van der Waals surface area contributed by atoms with Gasteiger partial charge < -0.3 is 10.2 Å². The van der Waals surface area contributed by atoms with Gasteiger partial charge in [-0.2, -0.15) is 0 Å². The second-order valence-corrected chi connectivity index (χ2v) is 5.51. The van der Waals surface area contributed by atoms with Crippen molar-refractivity contribution in [3.63, 3.8) is 0 Å². The number of carbonyl (C=O) groups is 2. The molecular formula is C14H24N2O2. The van der Waals surface area contributed by atoms with Gasteiger partial charge in [0.05, 0.1) is 0 Å². The summed E-state index contributed by atoms with van der Waals surface area (Å²) in [5.74, 6) is 0.748. The van der Waals surface area contributed by atoms with Crippen LogP contribution in [-0.2, 0) is 9.59 Å². The zero-order chi connectivity index (χ0) is 13.0. The number of piperazine rings is 1. The molecule has 2 amide bonds. The van der Waals surface area contributed by atoms with Crippen molar-refractivity contribution in [2.45, 2.75) is 57.9 Å². The first kappa shape index (κ1) is 13.4. The molecule has 0 bridgehead atoms. The van der Waals surface area contributed by atoms with E-state index in [1.54, 1.807) is 4.90 Å². The van der Waals surface area contributed by atoms with Crippen molar-refractivity contribution in [1.82, 2.24) is 10.2 Å². The number of amides is 2. The number of nitrogens with zero attached hydrogens (tertiary/aromatic N) is 1. The maximum atomic E-state index is 12.3. The molecule has 1 unspecified atom stereocenters. The summed E-state index contributed by atoms with van der Waals surface area (Å²) in [6.45, 7) is 3.25. The third-order valence-electron chi connectivity index (χ3n) is 4.23. The third-order valence-corrected chi connectivity index (χ3v) is 4.23. The predicted molar refractivity (Wildman–Crippen MR) is 70.0 cm³/mol. The van der Waals surface area contributed by atoms with Crippen LogP contribution in [-0.4, -0.2) is 35.8 Å². The summed E-state index contributed by atoms with van der Waals surface area (Å²) in [5, 5.41) is 2.84. The first-order valence-corrected chi connectivity index (χ1v) is 7.29. The van der Waals surface area contributed by atoms with E-state index >= 15 is 0 Å². The largest absolute Gasteiger partial charge is 0.353 e. The van der Waals surface area contributed by atoms with Gasteiger partial charge in [0.1, 0.15) is 6.04 Å². The number of carbonyl (C=O) groups excluding carboxylic acids is 2. The Morgan fingerprint density at radius 2 is 2.06 bits per heavy atom. The molecule has 0 spiro atoms. The molecule has 102 valence electrons. The second kappa shape index (κ2) is 6.21. The lowest BCUT2D eigenvalue weighted by Crippen LogP contribution is -2.57. The maximum absolute atomic E-state index is 12.3. The van der Waals surface area contributed by atoms with E-state index in [9.17, 15) is 9.59 Å². The SMILES string of the molecule is CCC1C(=O)NCCN1C(=O)CC1CCCCC1. The highest BCUT2D eigenvalue weighted by Crippen LogP contribution is 2.27. The fourth-order valence-corrected chi connectivity index (χ4v) is 3.17. The first-order valence-electron chi connectivity index (χ1n) is 7.29. The van der Waals surface area contributed by atoms with E-state index in [0.717, 1.165) is 0 Å². The average molecular weight is 252 g/mol. The third kappa shape index (κ3) is 3.03. The zero-order valence-electron chi connectivity index (χ0n) is 11.3. The highest BCUT2D eigenvalue weighted by atomic mass is 16.2. The highest BCUT2D eigenvalue weighted by Gasteiger charge is 2.32. The van der Waals surface area contributed by atoms with Crippen LogP contribution in [0.25, 0.3) is 0 Å². The summed E-state index contributed by atoms with van der Waals surface area (Å²) in [4.78, 5) is 25.9. The number of rotatable bonds is 3. The molecule has 1 saturated carbocycles. The van der Waals surface area contributed by atoms with Gasteiger partial charge in [-0.05, 0) is 25.2 Å². The van der Waals surface area contributed by atoms with E-state index in [1.807, 2.05) is 6.92 Å². The quantitative estimate of drug-likeness (QED) is 0.831. The van der Waals surface area contributed by atoms with Crippen molar-refractivity contribution < 1.29 is 9.59 Å². The molecule has 1 atom stereocenters. The summed E-state index contributed by atoms with van der Waals surface area (Å²) in [7, 11) is 0. The molecule has 0 aromatic heterocycles. The molecule has 0 aromatic rings. The van der Waals surface area contributed by atoms with E-state index < -0.39 is 0 Å². The molecule has 2 rings (SSSR count). The Morgan fingerprint density at radius 1 is 1.33 bits per heavy atom. The van der Waals surface area contributed by atoms with Crippen molar-refractivity contribution in [3.8, 4) is 0 Å². The minimum atomic E-state index is -0.241. The smallest absolute Gasteiger partial charge is 0.242 e. The lowest BCUT2D eigenvalue weighted by Gasteiger charge is -2.35. The molecule has 2 aliphatic rings. The highest BCUT2D eigenvalue weighted by molar-refractivity contribution is 5.88. The molecule has 1 aliphatic carbocycles. The first-order chi connectivity index (χ1) is 8.72. The van der Waals surface area contributed by atoms with Crippen molar-refractivity contribution in [1.29, 1.82) is 0 Å². The minimum Gasteiger partial charge on any atom is -0.353 e. The summed E-state index contributed by atoms with van der Waals surface area (Å²) in [5.41, 5.74) is 0. The monoisotopic (exact) mass is 252 g/mol. The van der Waals surface area contributed by atoms with Crippen LogP contribution in [0.2, 0.25) is 0 Å². The van der Waals surface area contributed by atoms with E-state index in [1.165, 1.54) is 32.1 Å². The molecule has 18 heavy (non-hydrogen) atoms. The van der Waals surface area contributed by atoms with Gasteiger partial charge in [-0.25, -0.2) is 0 Å². The van der Waals surface area contributed by atoms with Gasteiger partial charge in [0.25, 0.3) is 0 Å². The number of nitrogens with one attached hydrogen (secondary N) is 1. The van der Waals surface area contributed by atoms with Crippen molar-refractivity contribution >= 4 is 11.8 Å². The van der Waals surface area contributed by atoms with Crippen LogP contribution >= 0.6 is 0 Å². The normalized spacial score (nSPS) is 25.9. The topological polar surface area (TPSA) is 49.4 Å². The Labute approximate surface area is 109 Å².